The Kier molecular flexibility index (Phi) is 5.32. The fraction of sp³-hybridized carbons (Fsp3) is 0.500. The summed E-state index contributed by atoms with van der Waals surface area (Å²) in [4.78, 5) is 11.9. The van der Waals surface area contributed by atoms with Crippen molar-refractivity contribution in [2.24, 2.45) is 0 Å². The molecule has 0 amide bonds. The molecule has 2 atom stereocenters. The van der Waals surface area contributed by atoms with E-state index in [1.165, 1.54) is 0 Å². The van der Waals surface area contributed by atoms with Gasteiger partial charge < -0.3 is 9.84 Å². The van der Waals surface area contributed by atoms with Gasteiger partial charge >= 0.3 is 0 Å². The van der Waals surface area contributed by atoms with Gasteiger partial charge in [-0.15, -0.1) is 0 Å². The molecule has 0 aliphatic rings. The zero-order chi connectivity index (χ0) is 12.8. The molecule has 1 N–H and O–H groups in total. The summed E-state index contributed by atoms with van der Waals surface area (Å²) in [5.74, 6) is -0.246. The average molecular weight is 236 g/mol. The Balaban J connectivity index is 2.53. The Hall–Kier alpha value is -1.19. The summed E-state index contributed by atoms with van der Waals surface area (Å²) in [7, 11) is 0. The molecule has 0 aliphatic carbocycles. The van der Waals surface area contributed by atoms with Crippen LogP contribution in [-0.4, -0.2) is 29.2 Å². The minimum atomic E-state index is -0.994. The van der Waals surface area contributed by atoms with Crippen molar-refractivity contribution in [3.05, 3.63) is 35.9 Å². The highest BCUT2D eigenvalue weighted by molar-refractivity contribution is 5.99. The van der Waals surface area contributed by atoms with Gasteiger partial charge in [-0.2, -0.15) is 0 Å². The van der Waals surface area contributed by atoms with Crippen LogP contribution in [0.5, 0.6) is 0 Å². The fourth-order valence-corrected chi connectivity index (χ4v) is 1.74. The van der Waals surface area contributed by atoms with Crippen molar-refractivity contribution in [3.63, 3.8) is 0 Å². The van der Waals surface area contributed by atoms with Gasteiger partial charge in [-0.25, -0.2) is 0 Å². The van der Waals surface area contributed by atoms with Crippen LogP contribution in [-0.2, 0) is 4.74 Å². The molecule has 0 spiro atoms. The first-order valence-corrected chi connectivity index (χ1v) is 5.93. The first-order valence-electron chi connectivity index (χ1n) is 5.93. The predicted octanol–water partition coefficient (Wildman–Crippen LogP) is 2.43. The van der Waals surface area contributed by atoms with Gasteiger partial charge in [0.15, 0.2) is 5.78 Å². The maximum Gasteiger partial charge on any atom is 0.191 e. The molecule has 17 heavy (non-hydrogen) atoms. The van der Waals surface area contributed by atoms with E-state index in [9.17, 15) is 9.90 Å². The van der Waals surface area contributed by atoms with Crippen molar-refractivity contribution in [1.29, 1.82) is 0 Å². The molecule has 0 saturated carbocycles. The summed E-state index contributed by atoms with van der Waals surface area (Å²) in [5, 5.41) is 9.82. The molecule has 2 unspecified atom stereocenters. The Morgan fingerprint density at radius 3 is 2.35 bits per heavy atom. The zero-order valence-corrected chi connectivity index (χ0v) is 10.6. The molecule has 0 aliphatic heterocycles. The number of benzene rings is 1. The SMILES string of the molecule is CC(C)OC(C)CC(O)C(=O)c1ccccc1. The lowest BCUT2D eigenvalue weighted by molar-refractivity contribution is -0.00724. The zero-order valence-electron chi connectivity index (χ0n) is 10.6. The lowest BCUT2D eigenvalue weighted by Gasteiger charge is -2.18. The molecule has 0 fully saturated rings. The lowest BCUT2D eigenvalue weighted by Crippen LogP contribution is -2.27. The van der Waals surface area contributed by atoms with Crippen LogP contribution in [0.15, 0.2) is 30.3 Å². The van der Waals surface area contributed by atoms with E-state index in [-0.39, 0.29) is 18.0 Å². The van der Waals surface area contributed by atoms with Crippen molar-refractivity contribution < 1.29 is 14.6 Å². The second kappa shape index (κ2) is 6.52. The summed E-state index contributed by atoms with van der Waals surface area (Å²) in [5.41, 5.74) is 0.539. The van der Waals surface area contributed by atoms with Gasteiger partial charge in [-0.05, 0) is 20.8 Å². The average Bonchev–Trinajstić information content (AvgIpc) is 2.28. The second-order valence-electron chi connectivity index (χ2n) is 4.48. The third kappa shape index (κ3) is 4.67. The number of aliphatic hydroxyl groups is 1. The van der Waals surface area contributed by atoms with Gasteiger partial charge in [0.05, 0.1) is 12.2 Å². The van der Waals surface area contributed by atoms with E-state index in [0.29, 0.717) is 12.0 Å². The highest BCUT2D eigenvalue weighted by Gasteiger charge is 2.20. The van der Waals surface area contributed by atoms with E-state index >= 15 is 0 Å². The Morgan fingerprint density at radius 1 is 1.24 bits per heavy atom. The van der Waals surface area contributed by atoms with Gasteiger partial charge in [0.25, 0.3) is 0 Å². The van der Waals surface area contributed by atoms with E-state index in [1.54, 1.807) is 24.3 Å². The molecule has 3 heteroatoms. The smallest absolute Gasteiger partial charge is 0.191 e. The topological polar surface area (TPSA) is 46.5 Å². The van der Waals surface area contributed by atoms with Crippen LogP contribution in [0.3, 0.4) is 0 Å². The molecular weight excluding hydrogens is 216 g/mol. The molecule has 1 rings (SSSR count). The number of hydrogen-bond donors (Lipinski definition) is 1. The Morgan fingerprint density at radius 2 is 1.82 bits per heavy atom. The number of ether oxygens (including phenoxy) is 1. The van der Waals surface area contributed by atoms with Crippen molar-refractivity contribution in [2.45, 2.75) is 45.5 Å². The molecule has 94 valence electrons. The number of carbonyl (C=O) groups excluding carboxylic acids is 1. The molecule has 0 radical (unpaired) electrons. The van der Waals surface area contributed by atoms with Gasteiger partial charge in [0.1, 0.15) is 6.10 Å². The molecule has 1 aromatic carbocycles. The third-order valence-electron chi connectivity index (χ3n) is 2.42. The number of rotatable bonds is 6. The first-order chi connectivity index (χ1) is 8.00. The molecule has 0 heterocycles. The molecular formula is C14H20O3. The number of Topliss-reactive ketones (excluding diaryl/α,β-unsaturated/α-hetero) is 1. The van der Waals surface area contributed by atoms with Crippen molar-refractivity contribution in [1.82, 2.24) is 0 Å². The summed E-state index contributed by atoms with van der Waals surface area (Å²) >= 11 is 0. The number of aliphatic hydroxyl groups excluding tert-OH is 1. The number of hydrogen-bond acceptors (Lipinski definition) is 3. The summed E-state index contributed by atoms with van der Waals surface area (Å²) in [6.45, 7) is 5.73. The number of ketones is 1. The quantitative estimate of drug-likeness (QED) is 0.772. The fourth-order valence-electron chi connectivity index (χ4n) is 1.74. The third-order valence-corrected chi connectivity index (χ3v) is 2.42. The van der Waals surface area contributed by atoms with Crippen molar-refractivity contribution >= 4 is 5.78 Å². The van der Waals surface area contributed by atoms with E-state index in [1.807, 2.05) is 26.8 Å². The van der Waals surface area contributed by atoms with Crippen LogP contribution in [0.2, 0.25) is 0 Å². The standard InChI is InChI=1S/C14H20O3/c1-10(2)17-11(3)9-13(15)14(16)12-7-5-4-6-8-12/h4-8,10-11,13,15H,9H2,1-3H3. The summed E-state index contributed by atoms with van der Waals surface area (Å²) < 4.78 is 5.49. The lowest BCUT2D eigenvalue weighted by atomic mass is 10.0. The summed E-state index contributed by atoms with van der Waals surface area (Å²) in [6, 6.07) is 8.83. The number of carbonyl (C=O) groups is 1. The minimum absolute atomic E-state index is 0.101. The van der Waals surface area contributed by atoms with Crippen LogP contribution < -0.4 is 0 Å². The molecule has 3 nitrogen and oxygen atoms in total. The second-order valence-corrected chi connectivity index (χ2v) is 4.48. The normalized spacial score (nSPS) is 14.6. The largest absolute Gasteiger partial charge is 0.385 e. The van der Waals surface area contributed by atoms with Crippen molar-refractivity contribution in [2.75, 3.05) is 0 Å². The van der Waals surface area contributed by atoms with Crippen LogP contribution in [0.1, 0.15) is 37.6 Å². The molecule has 0 saturated heterocycles. The van der Waals surface area contributed by atoms with E-state index in [2.05, 4.69) is 0 Å². The van der Waals surface area contributed by atoms with Gasteiger partial charge in [0, 0.05) is 12.0 Å². The maximum atomic E-state index is 11.9. The monoisotopic (exact) mass is 236 g/mol. The van der Waals surface area contributed by atoms with Crippen LogP contribution in [0.4, 0.5) is 0 Å². The van der Waals surface area contributed by atoms with Gasteiger partial charge in [-0.3, -0.25) is 4.79 Å². The Labute approximate surface area is 102 Å². The Bertz CT molecular complexity index is 346. The highest BCUT2D eigenvalue weighted by atomic mass is 16.5. The van der Waals surface area contributed by atoms with E-state index < -0.39 is 6.10 Å². The van der Waals surface area contributed by atoms with Crippen LogP contribution in [0.25, 0.3) is 0 Å². The molecule has 0 bridgehead atoms. The molecule has 0 aromatic heterocycles. The van der Waals surface area contributed by atoms with Crippen LogP contribution in [0, 0.1) is 0 Å². The van der Waals surface area contributed by atoms with E-state index in [0.717, 1.165) is 0 Å². The maximum absolute atomic E-state index is 11.9. The highest BCUT2D eigenvalue weighted by Crippen LogP contribution is 2.11. The van der Waals surface area contributed by atoms with Gasteiger partial charge in [-0.1, -0.05) is 30.3 Å². The summed E-state index contributed by atoms with van der Waals surface area (Å²) in [6.07, 6.45) is -0.695. The van der Waals surface area contributed by atoms with Gasteiger partial charge in [0.2, 0.25) is 0 Å². The minimum Gasteiger partial charge on any atom is -0.385 e. The van der Waals surface area contributed by atoms with Crippen molar-refractivity contribution in [3.8, 4) is 0 Å². The van der Waals surface area contributed by atoms with Crippen LogP contribution >= 0.6 is 0 Å². The first kappa shape index (κ1) is 13.9. The predicted molar refractivity (Wildman–Crippen MR) is 67.1 cm³/mol. The molecule has 1 aromatic rings. The van der Waals surface area contributed by atoms with E-state index in [4.69, 9.17) is 4.74 Å².